The van der Waals surface area contributed by atoms with Gasteiger partial charge in [-0.2, -0.15) is 0 Å². The fourth-order valence-corrected chi connectivity index (χ4v) is 12.7. The summed E-state index contributed by atoms with van der Waals surface area (Å²) in [6, 6.07) is 8.45. The Hall–Kier alpha value is -2.47. The number of carboxylic acids is 1. The Bertz CT molecular complexity index is 1450. The van der Waals surface area contributed by atoms with Gasteiger partial charge in [0.05, 0.1) is 6.10 Å². The van der Waals surface area contributed by atoms with Crippen LogP contribution in [-0.2, 0) is 20.8 Å². The molecule has 0 heterocycles. The smallest absolute Gasteiger partial charge is 0.326 e. The minimum atomic E-state index is -1.03. The number of allylic oxidation sites excluding steroid dienone is 2. The summed E-state index contributed by atoms with van der Waals surface area (Å²) in [7, 11) is 0. The van der Waals surface area contributed by atoms with Crippen molar-refractivity contribution >= 4 is 17.7 Å². The largest absolute Gasteiger partial charge is 0.480 e. The van der Waals surface area contributed by atoms with Gasteiger partial charge in [-0.1, -0.05) is 91.3 Å². The summed E-state index contributed by atoms with van der Waals surface area (Å²) in [6.45, 7) is 18.2. The van der Waals surface area contributed by atoms with Crippen molar-refractivity contribution in [2.45, 2.75) is 125 Å². The number of rotatable bonds is 5. The van der Waals surface area contributed by atoms with Gasteiger partial charge in [0.15, 0.2) is 5.78 Å². The lowest BCUT2D eigenvalue weighted by Crippen LogP contribution is -2.66. The number of carbonyl (C=O) groups is 3. The van der Waals surface area contributed by atoms with E-state index in [1.165, 1.54) is 5.57 Å². The van der Waals surface area contributed by atoms with Crippen LogP contribution in [0.1, 0.15) is 112 Å². The molecule has 0 aromatic heterocycles. The van der Waals surface area contributed by atoms with E-state index >= 15 is 0 Å². The highest BCUT2D eigenvalue weighted by Gasteiger charge is 2.70. The van der Waals surface area contributed by atoms with Crippen LogP contribution in [0.3, 0.4) is 0 Å². The van der Waals surface area contributed by atoms with Gasteiger partial charge in [0, 0.05) is 17.8 Å². The van der Waals surface area contributed by atoms with Crippen molar-refractivity contribution in [1.29, 1.82) is 0 Å². The Labute approximate surface area is 276 Å². The molecule has 46 heavy (non-hydrogen) atoms. The van der Waals surface area contributed by atoms with Crippen molar-refractivity contribution in [2.75, 3.05) is 0 Å². The third kappa shape index (κ3) is 4.70. The van der Waals surface area contributed by atoms with Crippen LogP contribution in [0.4, 0.5) is 0 Å². The van der Waals surface area contributed by atoms with E-state index in [4.69, 9.17) is 0 Å². The van der Waals surface area contributed by atoms with Crippen molar-refractivity contribution in [3.8, 4) is 0 Å². The first kappa shape index (κ1) is 33.4. The van der Waals surface area contributed by atoms with Crippen molar-refractivity contribution in [2.24, 2.45) is 56.2 Å². The number of carbonyl (C=O) groups excluding carboxylic acids is 2. The van der Waals surface area contributed by atoms with E-state index in [0.29, 0.717) is 24.7 Å². The first-order valence-corrected chi connectivity index (χ1v) is 17.8. The summed E-state index contributed by atoms with van der Waals surface area (Å²) in [5.74, 6) is -0.110. The number of hydrogen-bond acceptors (Lipinski definition) is 4. The number of amides is 1. The number of ketones is 1. The van der Waals surface area contributed by atoms with Gasteiger partial charge in [0.2, 0.25) is 5.91 Å². The van der Waals surface area contributed by atoms with E-state index in [1.54, 1.807) is 0 Å². The summed E-state index contributed by atoms with van der Waals surface area (Å²) in [4.78, 5) is 41.1. The molecule has 0 radical (unpaired) electrons. The molecule has 1 aromatic carbocycles. The maximum absolute atomic E-state index is 14.7. The van der Waals surface area contributed by atoms with Crippen LogP contribution in [-0.4, -0.2) is 40.0 Å². The summed E-state index contributed by atoms with van der Waals surface area (Å²) in [5.41, 5.74) is 0.360. The first-order chi connectivity index (χ1) is 21.3. The lowest BCUT2D eigenvalue weighted by Gasteiger charge is -2.70. The van der Waals surface area contributed by atoms with E-state index in [9.17, 15) is 24.6 Å². The third-order valence-electron chi connectivity index (χ3n) is 15.1. The molecule has 6 heteroatoms. The number of benzene rings is 1. The molecule has 0 bridgehead atoms. The van der Waals surface area contributed by atoms with E-state index in [0.717, 1.165) is 44.1 Å². The molecule has 6 rings (SSSR count). The van der Waals surface area contributed by atoms with Crippen molar-refractivity contribution in [3.63, 3.8) is 0 Å². The molecule has 5 aliphatic rings. The molecule has 0 unspecified atom stereocenters. The van der Waals surface area contributed by atoms with Gasteiger partial charge in [-0.25, -0.2) is 4.79 Å². The summed E-state index contributed by atoms with van der Waals surface area (Å²) < 4.78 is 0. The number of aliphatic hydroxyl groups excluding tert-OH is 1. The predicted molar refractivity (Wildman–Crippen MR) is 180 cm³/mol. The molecule has 0 aliphatic heterocycles. The molecular weight excluding hydrogens is 574 g/mol. The Kier molecular flexibility index (Phi) is 7.83. The molecule has 252 valence electrons. The highest BCUT2D eigenvalue weighted by Crippen LogP contribution is 2.75. The predicted octanol–water partition coefficient (Wildman–Crippen LogP) is 7.39. The van der Waals surface area contributed by atoms with Crippen LogP contribution in [0.5, 0.6) is 0 Å². The molecule has 1 aromatic rings. The molecular formula is C40H57NO5. The Morgan fingerprint density at radius 2 is 1.59 bits per heavy atom. The van der Waals surface area contributed by atoms with Crippen LogP contribution in [0.25, 0.3) is 0 Å². The maximum Gasteiger partial charge on any atom is 0.326 e. The highest BCUT2D eigenvalue weighted by molar-refractivity contribution is 5.95. The van der Waals surface area contributed by atoms with Gasteiger partial charge in [0.1, 0.15) is 6.04 Å². The molecule has 4 saturated carbocycles. The quantitative estimate of drug-likeness (QED) is 0.315. The monoisotopic (exact) mass is 631 g/mol. The van der Waals surface area contributed by atoms with Gasteiger partial charge in [0.25, 0.3) is 0 Å². The van der Waals surface area contributed by atoms with Gasteiger partial charge in [-0.05, 0) is 108 Å². The fourth-order valence-electron chi connectivity index (χ4n) is 12.7. The van der Waals surface area contributed by atoms with Crippen molar-refractivity contribution in [3.05, 3.63) is 47.5 Å². The highest BCUT2D eigenvalue weighted by atomic mass is 16.4. The topological polar surface area (TPSA) is 104 Å². The summed E-state index contributed by atoms with van der Waals surface area (Å²) in [5, 5.41) is 24.0. The minimum Gasteiger partial charge on any atom is -0.480 e. The van der Waals surface area contributed by atoms with Crippen LogP contribution < -0.4 is 5.32 Å². The lowest BCUT2D eigenvalue weighted by atomic mass is 9.33. The van der Waals surface area contributed by atoms with Crippen LogP contribution >= 0.6 is 0 Å². The number of carboxylic acid groups (broad SMARTS) is 1. The van der Waals surface area contributed by atoms with Gasteiger partial charge < -0.3 is 15.5 Å². The lowest BCUT2D eigenvalue weighted by molar-refractivity contribution is -0.197. The number of aliphatic carboxylic acids is 1. The van der Waals surface area contributed by atoms with Crippen LogP contribution in [0.15, 0.2) is 42.0 Å². The van der Waals surface area contributed by atoms with E-state index in [-0.39, 0.29) is 63.1 Å². The van der Waals surface area contributed by atoms with E-state index in [2.05, 4.69) is 53.8 Å². The zero-order valence-corrected chi connectivity index (χ0v) is 29.4. The second-order valence-corrected chi connectivity index (χ2v) is 18.3. The second-order valence-electron chi connectivity index (χ2n) is 18.3. The number of aliphatic hydroxyl groups is 1. The van der Waals surface area contributed by atoms with E-state index in [1.807, 2.05) is 43.3 Å². The standard InChI is InChI=1S/C40H57NO5/c1-24-22-37(5)19-18-36(4,34(46)41-27(33(44)45)20-25-12-10-9-11-13-25)23-40(37,8)26-21-28(42)32-38(6)17-15-30(43)35(2,3)29(38)14-16-39(32,7)31(24)26/h9-13,21,24,27,29-32,43H,14-20,22-23H2,1-8H3,(H,41,46)(H,44,45)/t24-,27+,29+,30+,31+,32-,36-,37+,38-,39-,40-/m0/s1. The Balaban J connectivity index is 1.35. The molecule has 11 atom stereocenters. The third-order valence-corrected chi connectivity index (χ3v) is 15.1. The molecule has 3 N–H and O–H groups in total. The first-order valence-electron chi connectivity index (χ1n) is 17.8. The number of nitrogens with one attached hydrogen (secondary N) is 1. The molecule has 0 saturated heterocycles. The molecule has 1 amide bonds. The normalized spacial score (nSPS) is 45.2. The SMILES string of the molecule is C[C@H]1C[C@@]2(C)CC[C@](C)(C(=O)N[C@H](Cc3ccccc3)C(=O)O)C[C@@]2(C)C2=CC(=O)[C@H]3[C@@]4(C)CC[C@@H](O)C(C)(C)[C@H]4CC[C@@]3(C)[C@@H]21. The second kappa shape index (κ2) is 10.8. The molecule has 5 aliphatic carbocycles. The van der Waals surface area contributed by atoms with Gasteiger partial charge in [-0.15, -0.1) is 0 Å². The minimum absolute atomic E-state index is 0.0632. The fraction of sp³-hybridized carbons (Fsp3) is 0.725. The van der Waals surface area contributed by atoms with Gasteiger partial charge >= 0.3 is 5.97 Å². The zero-order valence-electron chi connectivity index (χ0n) is 29.4. The summed E-state index contributed by atoms with van der Waals surface area (Å²) >= 11 is 0. The Morgan fingerprint density at radius 1 is 0.935 bits per heavy atom. The molecule has 0 spiro atoms. The van der Waals surface area contributed by atoms with Gasteiger partial charge in [-0.3, -0.25) is 9.59 Å². The molecule has 6 nitrogen and oxygen atoms in total. The average Bonchev–Trinajstić information content (AvgIpc) is 2.96. The maximum atomic E-state index is 14.7. The zero-order chi connectivity index (χ0) is 33.7. The average molecular weight is 632 g/mol. The number of hydrogen-bond donors (Lipinski definition) is 3. The van der Waals surface area contributed by atoms with E-state index < -0.39 is 17.4 Å². The van der Waals surface area contributed by atoms with Crippen LogP contribution in [0.2, 0.25) is 0 Å². The molecule has 4 fully saturated rings. The van der Waals surface area contributed by atoms with Crippen LogP contribution in [0, 0.1) is 56.2 Å². The Morgan fingerprint density at radius 3 is 2.24 bits per heavy atom. The van der Waals surface area contributed by atoms with Crippen molar-refractivity contribution < 1.29 is 24.6 Å². The number of fused-ring (bicyclic) bond motifs is 7. The van der Waals surface area contributed by atoms with Crippen molar-refractivity contribution in [1.82, 2.24) is 5.32 Å². The summed E-state index contributed by atoms with van der Waals surface area (Å²) in [6.07, 6.45) is 8.73.